The van der Waals surface area contributed by atoms with Crippen molar-refractivity contribution in [1.29, 1.82) is 0 Å². The predicted molar refractivity (Wildman–Crippen MR) is 48.4 cm³/mol. The third-order valence-corrected chi connectivity index (χ3v) is 1.99. The van der Waals surface area contributed by atoms with Crippen LogP contribution in [0.15, 0.2) is 0 Å². The van der Waals surface area contributed by atoms with Gasteiger partial charge in [0, 0.05) is 11.8 Å². The molecule has 0 aromatic heterocycles. The fraction of sp³-hybridized carbons (Fsp3) is 0.833. The zero-order valence-electron chi connectivity index (χ0n) is 6.24. The molecule has 1 fully saturated rings. The van der Waals surface area contributed by atoms with Crippen LogP contribution >= 0.6 is 25.0 Å². The molecule has 0 aromatic rings. The van der Waals surface area contributed by atoms with Crippen molar-refractivity contribution >= 4 is 31.0 Å². The number of methoxy groups -OCH3 is 1. The summed E-state index contributed by atoms with van der Waals surface area (Å²) < 4.78 is 4.55. The summed E-state index contributed by atoms with van der Waals surface area (Å²) >= 11 is 4.21. The molecule has 0 amide bonds. The smallest absolute Gasteiger partial charge is 0.322 e. The Morgan fingerprint density at radius 1 is 1.73 bits per heavy atom. The number of nitrogens with one attached hydrogen (secondary N) is 1. The lowest BCUT2D eigenvalue weighted by molar-refractivity contribution is -0.142. The van der Waals surface area contributed by atoms with E-state index in [1.165, 1.54) is 7.11 Å². The van der Waals surface area contributed by atoms with Crippen LogP contribution in [-0.4, -0.2) is 30.9 Å². The predicted octanol–water partition coefficient (Wildman–Crippen LogP) is 0.241. The lowest BCUT2D eigenvalue weighted by atomic mass is 10.2. The number of esters is 1. The van der Waals surface area contributed by atoms with E-state index in [2.05, 4.69) is 22.7 Å². The first kappa shape index (κ1) is 11.1. The van der Waals surface area contributed by atoms with Gasteiger partial charge in [-0.1, -0.05) is 0 Å². The molecule has 3 nitrogen and oxygen atoms in total. The molecule has 1 aliphatic heterocycles. The summed E-state index contributed by atoms with van der Waals surface area (Å²) in [5, 5.41) is 3.30. The van der Waals surface area contributed by atoms with Crippen molar-refractivity contribution in [1.82, 2.24) is 5.32 Å². The highest BCUT2D eigenvalue weighted by atomic mass is 35.5. The van der Waals surface area contributed by atoms with Crippen LogP contribution in [0.1, 0.15) is 6.42 Å². The van der Waals surface area contributed by atoms with Crippen LogP contribution in [0.25, 0.3) is 0 Å². The molecule has 2 atom stereocenters. The van der Waals surface area contributed by atoms with Crippen LogP contribution in [-0.2, 0) is 9.53 Å². The Morgan fingerprint density at radius 3 is 2.73 bits per heavy atom. The second-order valence-corrected chi connectivity index (χ2v) is 3.10. The molecule has 5 heteroatoms. The van der Waals surface area contributed by atoms with Crippen LogP contribution in [0.5, 0.6) is 0 Å². The number of carbonyl (C=O) groups excluding carboxylic acids is 1. The Hall–Kier alpha value is 0.0700. The number of carbonyl (C=O) groups is 1. The van der Waals surface area contributed by atoms with Crippen LogP contribution < -0.4 is 5.32 Å². The quantitative estimate of drug-likeness (QED) is 0.467. The number of thiol groups is 1. The monoisotopic (exact) mass is 197 g/mol. The number of halogens is 1. The summed E-state index contributed by atoms with van der Waals surface area (Å²) in [6.45, 7) is 0.795. The van der Waals surface area contributed by atoms with Crippen LogP contribution in [0.3, 0.4) is 0 Å². The third-order valence-electron chi connectivity index (χ3n) is 1.59. The molecule has 1 heterocycles. The molecular weight excluding hydrogens is 186 g/mol. The van der Waals surface area contributed by atoms with Crippen molar-refractivity contribution in [2.45, 2.75) is 17.7 Å². The maximum absolute atomic E-state index is 10.8. The van der Waals surface area contributed by atoms with Gasteiger partial charge in [0.15, 0.2) is 0 Å². The van der Waals surface area contributed by atoms with Crippen molar-refractivity contribution in [2.24, 2.45) is 0 Å². The second kappa shape index (κ2) is 4.85. The van der Waals surface area contributed by atoms with E-state index in [0.29, 0.717) is 5.25 Å². The maximum Gasteiger partial charge on any atom is 0.322 e. The molecule has 66 valence electrons. The van der Waals surface area contributed by atoms with E-state index < -0.39 is 0 Å². The second-order valence-electron chi connectivity index (χ2n) is 2.37. The van der Waals surface area contributed by atoms with E-state index in [-0.39, 0.29) is 24.4 Å². The summed E-state index contributed by atoms with van der Waals surface area (Å²) in [5.74, 6) is -0.184. The highest BCUT2D eigenvalue weighted by Gasteiger charge is 2.27. The van der Waals surface area contributed by atoms with Gasteiger partial charge in [-0.25, -0.2) is 0 Å². The molecule has 1 N–H and O–H groups in total. The number of rotatable bonds is 1. The highest BCUT2D eigenvalue weighted by molar-refractivity contribution is 7.81. The fourth-order valence-corrected chi connectivity index (χ4v) is 1.36. The van der Waals surface area contributed by atoms with Gasteiger partial charge < -0.3 is 10.1 Å². The Kier molecular flexibility index (Phi) is 4.88. The first-order chi connectivity index (χ1) is 4.74. The SMILES string of the molecule is COC(=O)[C@@H]1C[C@@H](S)CN1.Cl. The Balaban J connectivity index is 0.000001000. The Labute approximate surface area is 77.7 Å². The van der Waals surface area contributed by atoms with Gasteiger partial charge in [-0.05, 0) is 6.42 Å². The minimum absolute atomic E-state index is 0. The average Bonchev–Trinajstić information content (AvgIpc) is 2.34. The molecule has 0 bridgehead atoms. The molecule has 1 rings (SSSR count). The van der Waals surface area contributed by atoms with E-state index in [4.69, 9.17) is 0 Å². The van der Waals surface area contributed by atoms with Gasteiger partial charge in [0.05, 0.1) is 7.11 Å². The van der Waals surface area contributed by atoms with Crippen LogP contribution in [0, 0.1) is 0 Å². The molecule has 1 saturated heterocycles. The highest BCUT2D eigenvalue weighted by Crippen LogP contribution is 2.12. The van der Waals surface area contributed by atoms with Crippen molar-refractivity contribution in [3.8, 4) is 0 Å². The summed E-state index contributed by atoms with van der Waals surface area (Å²) in [7, 11) is 1.40. The van der Waals surface area contributed by atoms with Crippen molar-refractivity contribution in [2.75, 3.05) is 13.7 Å². The van der Waals surface area contributed by atoms with E-state index in [1.807, 2.05) is 0 Å². The molecule has 0 radical (unpaired) electrons. The topological polar surface area (TPSA) is 38.3 Å². The molecule has 0 unspecified atom stereocenters. The van der Waals surface area contributed by atoms with Gasteiger partial charge >= 0.3 is 5.97 Å². The standard InChI is InChI=1S/C6H11NO2S.ClH/c1-9-6(8)5-2-4(10)3-7-5;/h4-5,7,10H,2-3H2,1H3;1H/t4-,5+;/m1./s1. The molecule has 0 spiro atoms. The van der Waals surface area contributed by atoms with Gasteiger partial charge in [-0.2, -0.15) is 12.6 Å². The third kappa shape index (κ3) is 2.89. The molecule has 0 aromatic carbocycles. The van der Waals surface area contributed by atoms with E-state index in [9.17, 15) is 4.79 Å². The number of ether oxygens (including phenoxy) is 1. The average molecular weight is 198 g/mol. The fourth-order valence-electron chi connectivity index (χ4n) is 1.04. The van der Waals surface area contributed by atoms with Gasteiger partial charge in [0.1, 0.15) is 6.04 Å². The van der Waals surface area contributed by atoms with Gasteiger partial charge in [0.25, 0.3) is 0 Å². The number of hydrogen-bond donors (Lipinski definition) is 2. The minimum atomic E-state index is -0.184. The summed E-state index contributed by atoms with van der Waals surface area (Å²) in [6, 6.07) is -0.132. The van der Waals surface area contributed by atoms with E-state index in [0.717, 1.165) is 13.0 Å². The lowest BCUT2D eigenvalue weighted by Crippen LogP contribution is -2.31. The van der Waals surface area contributed by atoms with Gasteiger partial charge in [-0.15, -0.1) is 12.4 Å². The Morgan fingerprint density at radius 2 is 2.36 bits per heavy atom. The normalized spacial score (nSPS) is 29.3. The molecule has 0 aliphatic carbocycles. The number of hydrogen-bond acceptors (Lipinski definition) is 4. The summed E-state index contributed by atoms with van der Waals surface area (Å²) in [4.78, 5) is 10.8. The Bertz CT molecular complexity index is 145. The van der Waals surface area contributed by atoms with E-state index in [1.54, 1.807) is 0 Å². The minimum Gasteiger partial charge on any atom is -0.468 e. The molecular formula is C6H12ClNO2S. The zero-order valence-corrected chi connectivity index (χ0v) is 7.95. The first-order valence-electron chi connectivity index (χ1n) is 3.23. The van der Waals surface area contributed by atoms with Gasteiger partial charge in [0.2, 0.25) is 0 Å². The molecule has 0 saturated carbocycles. The maximum atomic E-state index is 10.8. The van der Waals surface area contributed by atoms with Crippen molar-refractivity contribution in [3.63, 3.8) is 0 Å². The zero-order chi connectivity index (χ0) is 7.56. The van der Waals surface area contributed by atoms with Crippen LogP contribution in [0.4, 0.5) is 0 Å². The van der Waals surface area contributed by atoms with Gasteiger partial charge in [-0.3, -0.25) is 4.79 Å². The lowest BCUT2D eigenvalue weighted by Gasteiger charge is -2.05. The summed E-state index contributed by atoms with van der Waals surface area (Å²) in [5.41, 5.74) is 0. The van der Waals surface area contributed by atoms with Crippen molar-refractivity contribution in [3.05, 3.63) is 0 Å². The van der Waals surface area contributed by atoms with Crippen molar-refractivity contribution < 1.29 is 9.53 Å². The molecule has 11 heavy (non-hydrogen) atoms. The van der Waals surface area contributed by atoms with E-state index >= 15 is 0 Å². The first-order valence-corrected chi connectivity index (χ1v) is 3.75. The summed E-state index contributed by atoms with van der Waals surface area (Å²) in [6.07, 6.45) is 0.774. The van der Waals surface area contributed by atoms with Crippen LogP contribution in [0.2, 0.25) is 0 Å². The molecule has 1 aliphatic rings. The largest absolute Gasteiger partial charge is 0.468 e.